The van der Waals surface area contributed by atoms with Crippen LogP contribution in [0.2, 0.25) is 0 Å². The fourth-order valence-electron chi connectivity index (χ4n) is 4.59. The Labute approximate surface area is 198 Å². The summed E-state index contributed by atoms with van der Waals surface area (Å²) in [5.41, 5.74) is 5.13. The molecule has 3 atom stereocenters. The second-order valence-electron chi connectivity index (χ2n) is 9.00. The zero-order chi connectivity index (χ0) is 24.2. The SMILES string of the molecule is Cc1cc(COc2ccc(C(=O)N[C@@H]3CC(N(C)C)C[C@@H]3C(=O)NO)cc2)c2ccccc2n1. The van der Waals surface area contributed by atoms with Gasteiger partial charge in [-0.25, -0.2) is 5.48 Å². The second kappa shape index (κ2) is 10.2. The lowest BCUT2D eigenvalue weighted by atomic mass is 10.0. The molecule has 1 unspecified atom stereocenters. The van der Waals surface area contributed by atoms with Crippen LogP contribution in [0.3, 0.4) is 0 Å². The lowest BCUT2D eigenvalue weighted by Gasteiger charge is -2.19. The molecule has 0 radical (unpaired) electrons. The molecule has 1 saturated carbocycles. The molecular formula is C26H30N4O4. The number of pyridine rings is 1. The van der Waals surface area contributed by atoms with E-state index in [1.807, 2.05) is 56.3 Å². The fraction of sp³-hybridized carbons (Fsp3) is 0.346. The number of ether oxygens (including phenoxy) is 1. The second-order valence-corrected chi connectivity index (χ2v) is 9.00. The molecule has 0 aliphatic heterocycles. The van der Waals surface area contributed by atoms with Gasteiger partial charge in [0.15, 0.2) is 0 Å². The number of rotatable bonds is 7. The van der Waals surface area contributed by atoms with Crippen LogP contribution in [0, 0.1) is 12.8 Å². The molecule has 0 spiro atoms. The largest absolute Gasteiger partial charge is 0.489 e. The van der Waals surface area contributed by atoms with Gasteiger partial charge in [-0.3, -0.25) is 19.8 Å². The van der Waals surface area contributed by atoms with Crippen molar-refractivity contribution < 1.29 is 19.5 Å². The third-order valence-corrected chi connectivity index (χ3v) is 6.47. The van der Waals surface area contributed by atoms with Gasteiger partial charge in [0.1, 0.15) is 12.4 Å². The van der Waals surface area contributed by atoms with Gasteiger partial charge >= 0.3 is 0 Å². The van der Waals surface area contributed by atoms with Crippen molar-refractivity contribution in [2.75, 3.05) is 14.1 Å². The van der Waals surface area contributed by atoms with Crippen LogP contribution in [0.15, 0.2) is 54.6 Å². The van der Waals surface area contributed by atoms with E-state index in [-0.39, 0.29) is 18.0 Å². The maximum atomic E-state index is 12.8. The van der Waals surface area contributed by atoms with Gasteiger partial charge < -0.3 is 15.0 Å². The molecule has 3 N–H and O–H groups in total. The maximum absolute atomic E-state index is 12.8. The van der Waals surface area contributed by atoms with Crippen LogP contribution in [-0.2, 0) is 11.4 Å². The van der Waals surface area contributed by atoms with Crippen molar-refractivity contribution in [1.82, 2.24) is 20.7 Å². The average molecular weight is 463 g/mol. The smallest absolute Gasteiger partial charge is 0.251 e. The van der Waals surface area contributed by atoms with Crippen molar-refractivity contribution in [2.45, 2.75) is 38.5 Å². The molecular weight excluding hydrogens is 432 g/mol. The Kier molecular flexibility index (Phi) is 7.09. The molecule has 0 bridgehead atoms. The standard InChI is InChI=1S/C26H30N4O4/c1-16-12-18(21-6-4-5-7-23(21)27-16)15-34-20-10-8-17(9-11-20)25(31)28-24-14-19(30(2)3)13-22(24)26(32)29-33/h4-12,19,22,24,33H,13-15H2,1-3H3,(H,28,31)(H,29,32)/t19?,22-,24+/m0/s1. The van der Waals surface area contributed by atoms with Gasteiger partial charge in [-0.15, -0.1) is 0 Å². The Morgan fingerprint density at radius 1 is 1.12 bits per heavy atom. The van der Waals surface area contributed by atoms with Crippen molar-refractivity contribution in [1.29, 1.82) is 0 Å². The number of hydrogen-bond donors (Lipinski definition) is 3. The van der Waals surface area contributed by atoms with Crippen molar-refractivity contribution >= 4 is 22.7 Å². The van der Waals surface area contributed by atoms with Crippen molar-refractivity contribution in [3.05, 3.63) is 71.4 Å². The summed E-state index contributed by atoms with van der Waals surface area (Å²) in [5.74, 6) is -0.566. The quantitative estimate of drug-likeness (QED) is 0.368. The van der Waals surface area contributed by atoms with E-state index < -0.39 is 11.8 Å². The number of carbonyl (C=O) groups excluding carboxylic acids is 2. The topological polar surface area (TPSA) is 104 Å². The van der Waals surface area contributed by atoms with E-state index in [4.69, 9.17) is 9.94 Å². The van der Waals surface area contributed by atoms with Crippen LogP contribution in [0.4, 0.5) is 0 Å². The normalized spacial score (nSPS) is 19.9. The van der Waals surface area contributed by atoms with Gasteiger partial charge in [0.2, 0.25) is 5.91 Å². The minimum Gasteiger partial charge on any atom is -0.489 e. The van der Waals surface area contributed by atoms with E-state index in [2.05, 4.69) is 10.3 Å². The van der Waals surface area contributed by atoms with Crippen LogP contribution in [0.25, 0.3) is 10.9 Å². The van der Waals surface area contributed by atoms with E-state index in [1.165, 1.54) is 0 Å². The Bertz CT molecular complexity index is 1180. The van der Waals surface area contributed by atoms with E-state index in [9.17, 15) is 9.59 Å². The van der Waals surface area contributed by atoms with Crippen LogP contribution in [0.1, 0.15) is 34.5 Å². The first kappa shape index (κ1) is 23.7. The summed E-state index contributed by atoms with van der Waals surface area (Å²) in [6.07, 6.45) is 1.21. The highest BCUT2D eigenvalue weighted by molar-refractivity contribution is 5.95. The fourth-order valence-corrected chi connectivity index (χ4v) is 4.59. The lowest BCUT2D eigenvalue weighted by Crippen LogP contribution is -2.43. The third-order valence-electron chi connectivity index (χ3n) is 6.47. The predicted molar refractivity (Wildman–Crippen MR) is 129 cm³/mol. The highest BCUT2D eigenvalue weighted by atomic mass is 16.5. The molecule has 8 nitrogen and oxygen atoms in total. The molecule has 1 fully saturated rings. The maximum Gasteiger partial charge on any atom is 0.251 e. The summed E-state index contributed by atoms with van der Waals surface area (Å²) >= 11 is 0. The minimum absolute atomic E-state index is 0.149. The van der Waals surface area contributed by atoms with Crippen LogP contribution in [0.5, 0.6) is 5.75 Å². The summed E-state index contributed by atoms with van der Waals surface area (Å²) in [6, 6.07) is 16.7. The number of aryl methyl sites for hydroxylation is 1. The third kappa shape index (κ3) is 5.18. The molecule has 1 aliphatic rings. The minimum atomic E-state index is -0.484. The zero-order valence-electron chi connectivity index (χ0n) is 19.6. The number of hydroxylamine groups is 1. The number of amides is 2. The Morgan fingerprint density at radius 2 is 1.85 bits per heavy atom. The first-order valence-electron chi connectivity index (χ1n) is 11.3. The predicted octanol–water partition coefficient (Wildman–Crippen LogP) is 3.07. The molecule has 0 saturated heterocycles. The monoisotopic (exact) mass is 462 g/mol. The number of nitrogens with one attached hydrogen (secondary N) is 2. The summed E-state index contributed by atoms with van der Waals surface area (Å²) in [7, 11) is 3.88. The molecule has 2 amide bonds. The first-order chi connectivity index (χ1) is 16.4. The zero-order valence-corrected chi connectivity index (χ0v) is 19.6. The average Bonchev–Trinajstić information content (AvgIpc) is 3.26. The van der Waals surface area contributed by atoms with E-state index >= 15 is 0 Å². The molecule has 8 heteroatoms. The molecule has 1 aliphatic carbocycles. The van der Waals surface area contributed by atoms with E-state index in [0.717, 1.165) is 22.2 Å². The van der Waals surface area contributed by atoms with Crippen molar-refractivity contribution in [3.63, 3.8) is 0 Å². The summed E-state index contributed by atoms with van der Waals surface area (Å²) in [5, 5.41) is 13.1. The number of carbonyl (C=O) groups is 2. The highest BCUT2D eigenvalue weighted by Crippen LogP contribution is 2.29. The molecule has 34 heavy (non-hydrogen) atoms. The summed E-state index contributed by atoms with van der Waals surface area (Å²) in [4.78, 5) is 31.5. The highest BCUT2D eigenvalue weighted by Gasteiger charge is 2.40. The van der Waals surface area contributed by atoms with Crippen molar-refractivity contribution in [3.8, 4) is 5.75 Å². The van der Waals surface area contributed by atoms with Gasteiger partial charge in [0.05, 0.1) is 11.4 Å². The molecule has 3 aromatic rings. The Morgan fingerprint density at radius 3 is 2.56 bits per heavy atom. The van der Waals surface area contributed by atoms with E-state index in [0.29, 0.717) is 30.8 Å². The van der Waals surface area contributed by atoms with Gasteiger partial charge in [-0.1, -0.05) is 18.2 Å². The molecule has 1 aromatic heterocycles. The van der Waals surface area contributed by atoms with Gasteiger partial charge in [0, 0.05) is 34.3 Å². The number of aromatic nitrogens is 1. The van der Waals surface area contributed by atoms with Crippen LogP contribution < -0.4 is 15.5 Å². The van der Waals surface area contributed by atoms with E-state index in [1.54, 1.807) is 29.7 Å². The molecule has 178 valence electrons. The van der Waals surface area contributed by atoms with Gasteiger partial charge in [0.25, 0.3) is 5.91 Å². The summed E-state index contributed by atoms with van der Waals surface area (Å²) in [6.45, 7) is 2.35. The molecule has 2 aromatic carbocycles. The first-order valence-corrected chi connectivity index (χ1v) is 11.3. The summed E-state index contributed by atoms with van der Waals surface area (Å²) < 4.78 is 5.98. The van der Waals surface area contributed by atoms with Crippen LogP contribution in [-0.4, -0.2) is 53.1 Å². The Balaban J connectivity index is 1.41. The molecule has 1 heterocycles. The number of nitrogens with zero attached hydrogens (tertiary/aromatic N) is 2. The van der Waals surface area contributed by atoms with Gasteiger partial charge in [-0.05, 0) is 70.3 Å². The van der Waals surface area contributed by atoms with Gasteiger partial charge in [-0.2, -0.15) is 0 Å². The van der Waals surface area contributed by atoms with Crippen molar-refractivity contribution in [2.24, 2.45) is 5.92 Å². The number of benzene rings is 2. The number of fused-ring (bicyclic) bond motifs is 1. The number of para-hydroxylation sites is 1. The van der Waals surface area contributed by atoms with Crippen LogP contribution >= 0.6 is 0 Å². The molecule has 4 rings (SSSR count). The number of hydrogen-bond acceptors (Lipinski definition) is 6. The lowest BCUT2D eigenvalue weighted by molar-refractivity contribution is -0.133. The Hall–Kier alpha value is -3.49.